The molecule has 1 N–H and O–H groups in total. The first-order valence-corrected chi connectivity index (χ1v) is 9.44. The molecule has 2 heterocycles. The maximum atomic E-state index is 12.4. The summed E-state index contributed by atoms with van der Waals surface area (Å²) < 4.78 is 52.8. The average Bonchev–Trinajstić information content (AvgIpc) is 3.06. The van der Waals surface area contributed by atoms with Crippen molar-refractivity contribution >= 4 is 32.6 Å². The molecule has 0 spiro atoms. The minimum Gasteiger partial charge on any atom is -0.486 e. The third kappa shape index (κ3) is 4.77. The van der Waals surface area contributed by atoms with Gasteiger partial charge in [-0.25, -0.2) is 4.98 Å². The molecule has 1 aromatic heterocycles. The lowest BCUT2D eigenvalue weighted by Crippen LogP contribution is -2.16. The number of carbonyl (C=O) groups excluding carboxylic acids is 1. The molecule has 152 valence electrons. The van der Waals surface area contributed by atoms with Gasteiger partial charge in [-0.05, 0) is 17.7 Å². The lowest BCUT2D eigenvalue weighted by Gasteiger charge is -2.17. The molecule has 3 aromatic rings. The molecule has 1 amide bonds. The number of fused-ring (bicyclic) bond motifs is 2. The Morgan fingerprint density at radius 2 is 1.83 bits per heavy atom. The van der Waals surface area contributed by atoms with Gasteiger partial charge in [0.15, 0.2) is 16.6 Å². The molecule has 10 heteroatoms. The van der Waals surface area contributed by atoms with Gasteiger partial charge in [0.1, 0.15) is 19.8 Å². The fourth-order valence-corrected chi connectivity index (χ4v) is 3.60. The summed E-state index contributed by atoms with van der Waals surface area (Å²) in [7, 11) is 0. The lowest BCUT2D eigenvalue weighted by molar-refractivity contribution is -0.176. The first-order valence-electron chi connectivity index (χ1n) is 8.62. The number of benzene rings is 2. The van der Waals surface area contributed by atoms with Gasteiger partial charge < -0.3 is 14.2 Å². The minimum absolute atomic E-state index is 0.186. The Kier molecular flexibility index (Phi) is 5.29. The van der Waals surface area contributed by atoms with E-state index in [-0.39, 0.29) is 12.5 Å². The normalized spacial score (nSPS) is 13.5. The third-order valence-electron chi connectivity index (χ3n) is 4.02. The van der Waals surface area contributed by atoms with Crippen LogP contribution in [0.1, 0.15) is 15.9 Å². The van der Waals surface area contributed by atoms with Gasteiger partial charge in [0.05, 0.1) is 16.8 Å². The fraction of sp³-hybridized carbons (Fsp3) is 0.263. The zero-order chi connectivity index (χ0) is 20.4. The van der Waals surface area contributed by atoms with Crippen LogP contribution in [0.2, 0.25) is 0 Å². The molecule has 0 unspecified atom stereocenters. The van der Waals surface area contributed by atoms with Gasteiger partial charge in [0.25, 0.3) is 5.91 Å². The molecule has 0 radical (unpaired) electrons. The van der Waals surface area contributed by atoms with E-state index in [1.54, 1.807) is 18.2 Å². The number of halogens is 3. The quantitative estimate of drug-likeness (QED) is 0.658. The van der Waals surface area contributed by atoms with Crippen molar-refractivity contribution in [1.29, 1.82) is 0 Å². The zero-order valence-corrected chi connectivity index (χ0v) is 15.7. The largest absolute Gasteiger partial charge is 0.486 e. The summed E-state index contributed by atoms with van der Waals surface area (Å²) in [4.78, 5) is 16.8. The van der Waals surface area contributed by atoms with Crippen LogP contribution >= 0.6 is 11.3 Å². The molecule has 0 aliphatic carbocycles. The van der Waals surface area contributed by atoms with Crippen LogP contribution in [0.3, 0.4) is 0 Å². The van der Waals surface area contributed by atoms with Crippen LogP contribution in [0.15, 0.2) is 36.4 Å². The Morgan fingerprint density at radius 3 is 2.52 bits per heavy atom. The number of ether oxygens (including phenoxy) is 3. The van der Waals surface area contributed by atoms with Crippen LogP contribution in [0.4, 0.5) is 18.3 Å². The highest BCUT2D eigenvalue weighted by Crippen LogP contribution is 2.37. The van der Waals surface area contributed by atoms with Crippen molar-refractivity contribution in [2.75, 3.05) is 25.1 Å². The average molecular weight is 424 g/mol. The van der Waals surface area contributed by atoms with Crippen LogP contribution < -0.4 is 14.8 Å². The number of hydrogen-bond acceptors (Lipinski definition) is 6. The lowest BCUT2D eigenvalue weighted by atomic mass is 10.1. The highest BCUT2D eigenvalue weighted by atomic mass is 32.1. The van der Waals surface area contributed by atoms with E-state index in [0.717, 1.165) is 4.70 Å². The second kappa shape index (κ2) is 7.88. The first kappa shape index (κ1) is 19.5. The molecule has 0 saturated carbocycles. The van der Waals surface area contributed by atoms with Crippen molar-refractivity contribution in [2.45, 2.75) is 12.8 Å². The Hall–Kier alpha value is -2.85. The van der Waals surface area contributed by atoms with Crippen LogP contribution in [0, 0.1) is 0 Å². The molecule has 6 nitrogen and oxygen atoms in total. The van der Waals surface area contributed by atoms with Gasteiger partial charge in [-0.1, -0.05) is 23.5 Å². The molecule has 1 aliphatic rings. The van der Waals surface area contributed by atoms with Gasteiger partial charge in [-0.15, -0.1) is 0 Å². The predicted octanol–water partition coefficient (Wildman–Crippen LogP) is 4.40. The van der Waals surface area contributed by atoms with E-state index >= 15 is 0 Å². The van der Waals surface area contributed by atoms with E-state index < -0.39 is 12.8 Å². The summed E-state index contributed by atoms with van der Waals surface area (Å²) in [5.74, 6) is 0.896. The summed E-state index contributed by atoms with van der Waals surface area (Å²) >= 11 is 1.30. The third-order valence-corrected chi connectivity index (χ3v) is 4.96. The second-order valence-corrected chi connectivity index (χ2v) is 7.27. The number of anilines is 1. The van der Waals surface area contributed by atoms with Crippen LogP contribution in [0.5, 0.6) is 11.5 Å². The van der Waals surface area contributed by atoms with Crippen LogP contribution in [-0.2, 0) is 11.3 Å². The first-order chi connectivity index (χ1) is 13.9. The number of rotatable bonds is 5. The van der Waals surface area contributed by atoms with Gasteiger partial charge in [-0.3, -0.25) is 10.1 Å². The summed E-state index contributed by atoms with van der Waals surface area (Å²) in [5, 5.41) is 3.15. The number of carbonyl (C=O) groups is 1. The molecule has 0 fully saturated rings. The Morgan fingerprint density at radius 1 is 1.14 bits per heavy atom. The maximum absolute atomic E-state index is 12.4. The van der Waals surface area contributed by atoms with Crippen molar-refractivity contribution in [3.8, 4) is 11.5 Å². The maximum Gasteiger partial charge on any atom is 0.411 e. The summed E-state index contributed by atoms with van der Waals surface area (Å²) in [5.41, 5.74) is 1.58. The van der Waals surface area contributed by atoms with E-state index in [9.17, 15) is 18.0 Å². The monoisotopic (exact) mass is 424 g/mol. The molecular weight excluding hydrogens is 409 g/mol. The summed E-state index contributed by atoms with van der Waals surface area (Å²) in [6, 6.07) is 9.74. The predicted molar refractivity (Wildman–Crippen MR) is 101 cm³/mol. The van der Waals surface area contributed by atoms with Crippen LogP contribution in [0.25, 0.3) is 10.2 Å². The van der Waals surface area contributed by atoms with Crippen LogP contribution in [-0.4, -0.2) is 36.9 Å². The van der Waals surface area contributed by atoms with E-state index in [4.69, 9.17) is 9.47 Å². The summed E-state index contributed by atoms with van der Waals surface area (Å²) in [6.07, 6.45) is -4.37. The van der Waals surface area contributed by atoms with E-state index in [1.165, 1.54) is 23.5 Å². The van der Waals surface area contributed by atoms with Gasteiger partial charge in [0, 0.05) is 17.7 Å². The molecular formula is C19H15F3N2O4S. The van der Waals surface area contributed by atoms with E-state index in [1.807, 2.05) is 6.07 Å². The molecule has 1 aliphatic heterocycles. The SMILES string of the molecule is O=C(Nc1nc2cc3c(cc2s1)OCCO3)c1ccc(COCC(F)(F)F)cc1. The second-order valence-electron chi connectivity index (χ2n) is 6.24. The fourth-order valence-electron chi connectivity index (χ4n) is 2.72. The smallest absolute Gasteiger partial charge is 0.411 e. The Bertz CT molecular complexity index is 991. The number of hydrogen-bond donors (Lipinski definition) is 1. The topological polar surface area (TPSA) is 69.7 Å². The number of nitrogens with zero attached hydrogens (tertiary/aromatic N) is 1. The molecule has 0 bridgehead atoms. The van der Waals surface area contributed by atoms with Gasteiger partial charge in [-0.2, -0.15) is 13.2 Å². The Balaban J connectivity index is 1.41. The molecule has 0 atom stereocenters. The van der Waals surface area contributed by atoms with Crippen molar-refractivity contribution in [2.24, 2.45) is 0 Å². The van der Waals surface area contributed by atoms with E-state index in [0.29, 0.717) is 46.5 Å². The minimum atomic E-state index is -4.37. The number of thiazole rings is 1. The van der Waals surface area contributed by atoms with Gasteiger partial charge >= 0.3 is 6.18 Å². The molecule has 0 saturated heterocycles. The van der Waals surface area contributed by atoms with Crippen molar-refractivity contribution in [3.05, 3.63) is 47.5 Å². The Labute approximate surface area is 167 Å². The number of aromatic nitrogens is 1. The summed E-state index contributed by atoms with van der Waals surface area (Å²) in [6.45, 7) is -0.540. The van der Waals surface area contributed by atoms with Crippen molar-refractivity contribution in [1.82, 2.24) is 4.98 Å². The highest BCUT2D eigenvalue weighted by Gasteiger charge is 2.27. The van der Waals surface area contributed by atoms with Crippen molar-refractivity contribution in [3.63, 3.8) is 0 Å². The number of nitrogens with one attached hydrogen (secondary N) is 1. The van der Waals surface area contributed by atoms with Crippen molar-refractivity contribution < 1.29 is 32.2 Å². The highest BCUT2D eigenvalue weighted by molar-refractivity contribution is 7.22. The van der Waals surface area contributed by atoms with E-state index in [2.05, 4.69) is 15.0 Å². The number of alkyl halides is 3. The molecule has 4 rings (SSSR count). The standard InChI is InChI=1S/C19H15F3N2O4S/c20-19(21,22)10-26-9-11-1-3-12(4-2-11)17(25)24-18-23-13-7-14-15(8-16(13)29-18)28-6-5-27-14/h1-4,7-8H,5-6,9-10H2,(H,23,24,25). The molecule has 29 heavy (non-hydrogen) atoms. The zero-order valence-electron chi connectivity index (χ0n) is 14.9. The number of amides is 1. The van der Waals surface area contributed by atoms with Gasteiger partial charge in [0.2, 0.25) is 0 Å². The molecule has 2 aromatic carbocycles.